The lowest BCUT2D eigenvalue weighted by molar-refractivity contribution is 0.0526. The second kappa shape index (κ2) is 6.34. The van der Waals surface area contributed by atoms with Crippen LogP contribution in [0.2, 0.25) is 0 Å². The van der Waals surface area contributed by atoms with E-state index in [1.54, 1.807) is 19.1 Å². The average molecular weight is 300 g/mol. The van der Waals surface area contributed by atoms with E-state index in [-0.39, 0.29) is 5.97 Å². The molecule has 2 fully saturated rings. The van der Waals surface area contributed by atoms with E-state index in [4.69, 9.17) is 4.74 Å². The molecule has 2 aliphatic heterocycles. The van der Waals surface area contributed by atoms with Gasteiger partial charge in [0.05, 0.1) is 12.2 Å². The molecule has 0 amide bonds. The lowest BCUT2D eigenvalue weighted by Gasteiger charge is -2.25. The fourth-order valence-corrected chi connectivity index (χ4v) is 3.33. The predicted molar refractivity (Wildman–Crippen MR) is 82.0 cm³/mol. The van der Waals surface area contributed by atoms with Crippen LogP contribution in [0.15, 0.2) is 30.0 Å². The van der Waals surface area contributed by atoms with Crippen LogP contribution >= 0.6 is 0 Å². The topological polar surface area (TPSA) is 58.6 Å². The number of carbonyl (C=O) groups excluding carboxylic acids is 2. The Morgan fingerprint density at radius 1 is 1.41 bits per heavy atom. The van der Waals surface area contributed by atoms with Crippen molar-refractivity contribution in [1.29, 1.82) is 0 Å². The van der Waals surface area contributed by atoms with Crippen molar-refractivity contribution in [3.05, 3.63) is 41.1 Å². The quantitative estimate of drug-likeness (QED) is 0.675. The third kappa shape index (κ3) is 2.78. The summed E-state index contributed by atoms with van der Waals surface area (Å²) >= 11 is 0. The van der Waals surface area contributed by atoms with Crippen LogP contribution in [-0.2, 0) is 16.1 Å². The summed E-state index contributed by atoms with van der Waals surface area (Å²) in [6, 6.07) is 8.14. The fourth-order valence-electron chi connectivity index (χ4n) is 3.33. The molecule has 5 nitrogen and oxygen atoms in total. The molecule has 3 rings (SSSR count). The van der Waals surface area contributed by atoms with E-state index in [2.05, 4.69) is 16.2 Å². The molecule has 2 atom stereocenters. The van der Waals surface area contributed by atoms with Crippen LogP contribution in [0.1, 0.15) is 35.7 Å². The molecule has 2 unspecified atom stereocenters. The van der Waals surface area contributed by atoms with Crippen molar-refractivity contribution in [3.63, 3.8) is 0 Å². The zero-order valence-electron chi connectivity index (χ0n) is 12.7. The molecule has 0 spiro atoms. The molecule has 116 valence electrons. The summed E-state index contributed by atoms with van der Waals surface area (Å²) in [6.45, 7) is 3.84. The number of nitrogens with one attached hydrogen (secondary N) is 1. The molecular weight excluding hydrogens is 280 g/mol. The normalized spacial score (nSPS) is 23.3. The second-order valence-electron chi connectivity index (χ2n) is 5.71. The maximum Gasteiger partial charge on any atom is 0.338 e. The summed E-state index contributed by atoms with van der Waals surface area (Å²) in [5.74, 6) is 1.79. The third-order valence-electron chi connectivity index (χ3n) is 4.41. The Kier molecular flexibility index (Phi) is 4.27. The molecule has 2 saturated heterocycles. The zero-order valence-corrected chi connectivity index (χ0v) is 12.7. The average Bonchev–Trinajstić information content (AvgIpc) is 3.10. The fraction of sp³-hybridized carbons (Fsp3) is 0.471. The molecule has 2 heterocycles. The van der Waals surface area contributed by atoms with E-state index in [0.29, 0.717) is 30.8 Å². The Hall–Kier alpha value is -2.10. The molecule has 2 aliphatic rings. The monoisotopic (exact) mass is 300 g/mol. The third-order valence-corrected chi connectivity index (χ3v) is 4.41. The van der Waals surface area contributed by atoms with Crippen LogP contribution in [0.3, 0.4) is 0 Å². The van der Waals surface area contributed by atoms with Gasteiger partial charge in [-0.3, -0.25) is 0 Å². The highest BCUT2D eigenvalue weighted by atomic mass is 16.5. The number of likely N-dealkylation sites (tertiary alicyclic amines) is 1. The summed E-state index contributed by atoms with van der Waals surface area (Å²) in [4.78, 5) is 25.0. The summed E-state index contributed by atoms with van der Waals surface area (Å²) in [6.07, 6.45) is 1.81. The number of benzene rings is 1. The summed E-state index contributed by atoms with van der Waals surface area (Å²) < 4.78 is 4.98. The van der Waals surface area contributed by atoms with Gasteiger partial charge in [-0.25, -0.2) is 9.59 Å². The van der Waals surface area contributed by atoms with E-state index in [9.17, 15) is 9.59 Å². The van der Waals surface area contributed by atoms with Crippen molar-refractivity contribution in [2.75, 3.05) is 13.2 Å². The Balaban J connectivity index is 1.72. The highest BCUT2D eigenvalue weighted by Gasteiger charge is 2.40. The number of rotatable bonds is 4. The largest absolute Gasteiger partial charge is 0.462 e. The van der Waals surface area contributed by atoms with Crippen molar-refractivity contribution in [3.8, 4) is 0 Å². The van der Waals surface area contributed by atoms with Crippen molar-refractivity contribution in [2.24, 2.45) is 0 Å². The van der Waals surface area contributed by atoms with Crippen LogP contribution in [0.5, 0.6) is 0 Å². The molecule has 5 heteroatoms. The first-order valence-electron chi connectivity index (χ1n) is 7.73. The first-order valence-corrected chi connectivity index (χ1v) is 7.73. The Bertz CT molecular complexity index is 605. The van der Waals surface area contributed by atoms with E-state index in [0.717, 1.165) is 30.6 Å². The van der Waals surface area contributed by atoms with E-state index >= 15 is 0 Å². The van der Waals surface area contributed by atoms with Gasteiger partial charge in [0, 0.05) is 25.0 Å². The number of ether oxygens (including phenoxy) is 1. The molecule has 0 radical (unpaired) electrons. The van der Waals surface area contributed by atoms with E-state index < -0.39 is 0 Å². The van der Waals surface area contributed by atoms with E-state index in [1.165, 1.54) is 0 Å². The maximum atomic E-state index is 11.7. The van der Waals surface area contributed by atoms with Gasteiger partial charge in [0.1, 0.15) is 11.6 Å². The number of hydrogen-bond donors (Lipinski definition) is 1. The lowest BCUT2D eigenvalue weighted by Crippen LogP contribution is -2.33. The van der Waals surface area contributed by atoms with Gasteiger partial charge < -0.3 is 15.0 Å². The van der Waals surface area contributed by atoms with Gasteiger partial charge in [-0.15, -0.1) is 0 Å². The van der Waals surface area contributed by atoms with Gasteiger partial charge in [0.25, 0.3) is 0 Å². The molecular formula is C17H20N2O3. The van der Waals surface area contributed by atoms with Crippen LogP contribution in [0, 0.1) is 0 Å². The SMILES string of the molecule is CCOC(=O)c1ccc(CN2C(=C=O)CC3NCCC32)cc1. The van der Waals surface area contributed by atoms with Crippen LogP contribution in [0.4, 0.5) is 0 Å². The second-order valence-corrected chi connectivity index (χ2v) is 5.71. The number of fused-ring (bicyclic) bond motifs is 1. The Morgan fingerprint density at radius 2 is 2.18 bits per heavy atom. The van der Waals surface area contributed by atoms with Crippen LogP contribution in [0.25, 0.3) is 0 Å². The minimum absolute atomic E-state index is 0.302. The zero-order chi connectivity index (χ0) is 15.5. The molecule has 1 aromatic rings. The highest BCUT2D eigenvalue weighted by Crippen LogP contribution is 2.32. The van der Waals surface area contributed by atoms with Crippen LogP contribution < -0.4 is 5.32 Å². The minimum Gasteiger partial charge on any atom is -0.462 e. The first-order chi connectivity index (χ1) is 10.7. The standard InChI is InChI=1S/C17H20N2O3/c1-2-22-17(21)13-5-3-12(4-6-13)10-19-14(11-20)9-15-16(19)7-8-18-15/h3-6,15-16,18H,2,7-10H2,1H3. The molecule has 1 N–H and O–H groups in total. The van der Waals surface area contributed by atoms with E-state index in [1.807, 2.05) is 12.1 Å². The molecule has 0 aromatic heterocycles. The first kappa shape index (κ1) is 14.8. The van der Waals surface area contributed by atoms with Gasteiger partial charge >= 0.3 is 5.97 Å². The van der Waals surface area contributed by atoms with Gasteiger partial charge in [-0.1, -0.05) is 12.1 Å². The molecule has 0 saturated carbocycles. The van der Waals surface area contributed by atoms with Crippen molar-refractivity contribution in [1.82, 2.24) is 10.2 Å². The van der Waals surface area contributed by atoms with Gasteiger partial charge in [-0.2, -0.15) is 0 Å². The van der Waals surface area contributed by atoms with Gasteiger partial charge in [0.15, 0.2) is 0 Å². The van der Waals surface area contributed by atoms with Crippen molar-refractivity contribution >= 4 is 11.9 Å². The van der Waals surface area contributed by atoms with Crippen LogP contribution in [-0.4, -0.2) is 42.0 Å². The lowest BCUT2D eigenvalue weighted by atomic mass is 10.1. The highest BCUT2D eigenvalue weighted by molar-refractivity contribution is 5.89. The van der Waals surface area contributed by atoms with Crippen molar-refractivity contribution in [2.45, 2.75) is 38.4 Å². The number of hydrogen-bond acceptors (Lipinski definition) is 5. The Labute approximate surface area is 129 Å². The summed E-state index contributed by atoms with van der Waals surface area (Å²) in [7, 11) is 0. The summed E-state index contributed by atoms with van der Waals surface area (Å²) in [5.41, 5.74) is 2.38. The molecule has 0 bridgehead atoms. The number of nitrogens with zero attached hydrogens (tertiary/aromatic N) is 1. The van der Waals surface area contributed by atoms with Gasteiger partial charge in [-0.05, 0) is 37.6 Å². The Morgan fingerprint density at radius 3 is 2.86 bits per heavy atom. The summed E-state index contributed by atoms with van der Waals surface area (Å²) in [5, 5.41) is 3.43. The smallest absolute Gasteiger partial charge is 0.338 e. The number of carbonyl (C=O) groups is 1. The predicted octanol–water partition coefficient (Wildman–Crippen LogP) is 1.51. The molecule has 1 aromatic carbocycles. The van der Waals surface area contributed by atoms with Crippen molar-refractivity contribution < 1.29 is 14.3 Å². The molecule has 22 heavy (non-hydrogen) atoms. The minimum atomic E-state index is -0.302. The number of esters is 1. The van der Waals surface area contributed by atoms with Gasteiger partial charge in [0.2, 0.25) is 0 Å². The maximum absolute atomic E-state index is 11.7. The molecule has 0 aliphatic carbocycles.